The first-order valence-electron chi connectivity index (χ1n) is 5.07. The topological polar surface area (TPSA) is 46.5 Å². The quantitative estimate of drug-likeness (QED) is 0.780. The molecule has 1 unspecified atom stereocenters. The van der Waals surface area contributed by atoms with Crippen molar-refractivity contribution in [3.05, 3.63) is 35.4 Å². The SMILES string of the molecule is COCc1ccc(C(Cl)CCC(=O)O)cc1. The maximum Gasteiger partial charge on any atom is 0.303 e. The summed E-state index contributed by atoms with van der Waals surface area (Å²) in [5.41, 5.74) is 2.02. The van der Waals surface area contributed by atoms with E-state index in [4.69, 9.17) is 21.4 Å². The first-order valence-corrected chi connectivity index (χ1v) is 5.50. The molecule has 0 radical (unpaired) electrons. The van der Waals surface area contributed by atoms with Crippen molar-refractivity contribution in [3.63, 3.8) is 0 Å². The van der Waals surface area contributed by atoms with Gasteiger partial charge in [0.25, 0.3) is 0 Å². The van der Waals surface area contributed by atoms with Crippen molar-refractivity contribution in [2.24, 2.45) is 0 Å². The van der Waals surface area contributed by atoms with E-state index in [1.165, 1.54) is 0 Å². The van der Waals surface area contributed by atoms with Crippen molar-refractivity contribution in [1.82, 2.24) is 0 Å². The van der Waals surface area contributed by atoms with Crippen molar-refractivity contribution in [3.8, 4) is 0 Å². The molecule has 0 heterocycles. The molecule has 0 aliphatic rings. The van der Waals surface area contributed by atoms with Crippen LogP contribution in [0.1, 0.15) is 29.3 Å². The second-order valence-electron chi connectivity index (χ2n) is 3.57. The van der Waals surface area contributed by atoms with Gasteiger partial charge in [-0.25, -0.2) is 0 Å². The number of hydrogen-bond acceptors (Lipinski definition) is 2. The Morgan fingerprint density at radius 3 is 2.56 bits per heavy atom. The third-order valence-electron chi connectivity index (χ3n) is 2.26. The highest BCUT2D eigenvalue weighted by Crippen LogP contribution is 2.25. The zero-order valence-corrected chi connectivity index (χ0v) is 9.91. The Labute approximate surface area is 100.0 Å². The second-order valence-corrected chi connectivity index (χ2v) is 4.10. The normalized spacial score (nSPS) is 12.4. The predicted octanol–water partition coefficient (Wildman–Crippen LogP) is 2.98. The third kappa shape index (κ3) is 4.21. The van der Waals surface area contributed by atoms with Gasteiger partial charge >= 0.3 is 5.97 Å². The molecule has 1 aromatic rings. The minimum Gasteiger partial charge on any atom is -0.481 e. The van der Waals surface area contributed by atoms with E-state index in [0.717, 1.165) is 11.1 Å². The van der Waals surface area contributed by atoms with Gasteiger partial charge in [0, 0.05) is 13.5 Å². The molecule has 0 spiro atoms. The van der Waals surface area contributed by atoms with Crippen LogP contribution < -0.4 is 0 Å². The summed E-state index contributed by atoms with van der Waals surface area (Å²) >= 11 is 6.09. The van der Waals surface area contributed by atoms with E-state index in [1.807, 2.05) is 24.3 Å². The molecule has 16 heavy (non-hydrogen) atoms. The number of ether oxygens (including phenoxy) is 1. The number of aliphatic carboxylic acids is 1. The van der Waals surface area contributed by atoms with E-state index >= 15 is 0 Å². The van der Waals surface area contributed by atoms with Crippen LogP contribution in [0.15, 0.2) is 24.3 Å². The molecule has 1 aromatic carbocycles. The molecule has 1 rings (SSSR count). The van der Waals surface area contributed by atoms with Crippen molar-refractivity contribution in [2.45, 2.75) is 24.8 Å². The van der Waals surface area contributed by atoms with Gasteiger partial charge in [-0.1, -0.05) is 24.3 Å². The highest BCUT2D eigenvalue weighted by molar-refractivity contribution is 6.20. The highest BCUT2D eigenvalue weighted by atomic mass is 35.5. The Bertz CT molecular complexity index is 335. The third-order valence-corrected chi connectivity index (χ3v) is 2.73. The molecule has 0 fully saturated rings. The summed E-state index contributed by atoms with van der Waals surface area (Å²) < 4.78 is 5.00. The van der Waals surface area contributed by atoms with Crippen LogP contribution in [-0.2, 0) is 16.1 Å². The maximum absolute atomic E-state index is 10.4. The van der Waals surface area contributed by atoms with Crippen molar-refractivity contribution in [1.29, 1.82) is 0 Å². The number of carboxylic acids is 1. The van der Waals surface area contributed by atoms with E-state index in [0.29, 0.717) is 13.0 Å². The highest BCUT2D eigenvalue weighted by Gasteiger charge is 2.09. The Morgan fingerprint density at radius 2 is 2.06 bits per heavy atom. The molecule has 0 bridgehead atoms. The lowest BCUT2D eigenvalue weighted by molar-refractivity contribution is -0.137. The van der Waals surface area contributed by atoms with Crippen LogP contribution in [0.4, 0.5) is 0 Å². The molecule has 0 saturated carbocycles. The van der Waals surface area contributed by atoms with Crippen molar-refractivity contribution in [2.75, 3.05) is 7.11 Å². The van der Waals surface area contributed by atoms with Gasteiger partial charge in [-0.15, -0.1) is 11.6 Å². The van der Waals surface area contributed by atoms with Gasteiger partial charge in [-0.2, -0.15) is 0 Å². The molecule has 0 aliphatic heterocycles. The molecule has 1 N–H and O–H groups in total. The zero-order chi connectivity index (χ0) is 12.0. The van der Waals surface area contributed by atoms with E-state index in [1.54, 1.807) is 7.11 Å². The van der Waals surface area contributed by atoms with Crippen LogP contribution in [0.25, 0.3) is 0 Å². The summed E-state index contributed by atoms with van der Waals surface area (Å²) in [6, 6.07) is 7.70. The molecule has 4 heteroatoms. The molecule has 3 nitrogen and oxygen atoms in total. The number of methoxy groups -OCH3 is 1. The molecule has 0 aromatic heterocycles. The van der Waals surface area contributed by atoms with Crippen LogP contribution in [0.5, 0.6) is 0 Å². The summed E-state index contributed by atoms with van der Waals surface area (Å²) in [7, 11) is 1.64. The van der Waals surface area contributed by atoms with Gasteiger partial charge in [0.05, 0.1) is 12.0 Å². The maximum atomic E-state index is 10.4. The lowest BCUT2D eigenvalue weighted by Crippen LogP contribution is -1.98. The number of hydrogen-bond donors (Lipinski definition) is 1. The van der Waals surface area contributed by atoms with Gasteiger partial charge < -0.3 is 9.84 Å². The Balaban J connectivity index is 2.55. The number of carboxylic acid groups (broad SMARTS) is 1. The van der Waals surface area contributed by atoms with Crippen LogP contribution in [0.2, 0.25) is 0 Å². The fourth-order valence-electron chi connectivity index (χ4n) is 1.41. The minimum absolute atomic E-state index is 0.0913. The van der Waals surface area contributed by atoms with Gasteiger partial charge in [0.1, 0.15) is 0 Å². The van der Waals surface area contributed by atoms with E-state index < -0.39 is 5.97 Å². The van der Waals surface area contributed by atoms with Gasteiger partial charge in [0.2, 0.25) is 0 Å². The summed E-state index contributed by atoms with van der Waals surface area (Å²) in [5.74, 6) is -0.818. The summed E-state index contributed by atoms with van der Waals surface area (Å²) in [5, 5.41) is 8.31. The Kier molecular flexibility index (Phi) is 5.29. The van der Waals surface area contributed by atoms with Crippen LogP contribution in [-0.4, -0.2) is 18.2 Å². The van der Waals surface area contributed by atoms with Crippen molar-refractivity contribution < 1.29 is 14.6 Å². The average molecular weight is 243 g/mol. The first-order chi connectivity index (χ1) is 7.63. The smallest absolute Gasteiger partial charge is 0.303 e. The van der Waals surface area contributed by atoms with E-state index in [9.17, 15) is 4.79 Å². The monoisotopic (exact) mass is 242 g/mol. The van der Waals surface area contributed by atoms with Crippen LogP contribution in [0.3, 0.4) is 0 Å². The summed E-state index contributed by atoms with van der Waals surface area (Å²) in [6.45, 7) is 0.572. The number of carbonyl (C=O) groups is 1. The molecular weight excluding hydrogens is 228 g/mol. The van der Waals surface area contributed by atoms with Gasteiger partial charge in [-0.05, 0) is 17.5 Å². The van der Waals surface area contributed by atoms with Crippen LogP contribution >= 0.6 is 11.6 Å². The van der Waals surface area contributed by atoms with Gasteiger partial charge in [-0.3, -0.25) is 4.79 Å². The first kappa shape index (κ1) is 13.0. The van der Waals surface area contributed by atoms with Crippen LogP contribution in [0, 0.1) is 0 Å². The van der Waals surface area contributed by atoms with Gasteiger partial charge in [0.15, 0.2) is 0 Å². The standard InChI is InChI=1S/C12H15ClO3/c1-16-8-9-2-4-10(5-3-9)11(13)6-7-12(14)15/h2-5,11H,6-8H2,1H3,(H,14,15). The number of benzene rings is 1. The average Bonchev–Trinajstić information content (AvgIpc) is 2.27. The summed E-state index contributed by atoms with van der Waals surface area (Å²) in [4.78, 5) is 10.4. The van der Waals surface area contributed by atoms with Crippen molar-refractivity contribution >= 4 is 17.6 Å². The number of alkyl halides is 1. The molecule has 0 amide bonds. The number of halogens is 1. The lowest BCUT2D eigenvalue weighted by Gasteiger charge is -2.09. The molecule has 1 atom stereocenters. The Morgan fingerprint density at radius 1 is 1.44 bits per heavy atom. The van der Waals surface area contributed by atoms with E-state index in [2.05, 4.69) is 0 Å². The molecule has 88 valence electrons. The lowest BCUT2D eigenvalue weighted by atomic mass is 10.1. The fraction of sp³-hybridized carbons (Fsp3) is 0.417. The Hall–Kier alpha value is -1.06. The summed E-state index contributed by atoms with van der Waals surface area (Å²) in [6.07, 6.45) is 0.536. The fourth-order valence-corrected chi connectivity index (χ4v) is 1.66. The largest absolute Gasteiger partial charge is 0.481 e. The van der Waals surface area contributed by atoms with E-state index in [-0.39, 0.29) is 11.8 Å². The zero-order valence-electron chi connectivity index (χ0n) is 9.15. The number of rotatable bonds is 6. The predicted molar refractivity (Wildman–Crippen MR) is 62.6 cm³/mol. The minimum atomic E-state index is -0.818. The molecular formula is C12H15ClO3. The molecule has 0 saturated heterocycles. The second kappa shape index (κ2) is 6.51. The molecule has 0 aliphatic carbocycles.